The summed E-state index contributed by atoms with van der Waals surface area (Å²) in [5.74, 6) is 1.03. The van der Waals surface area contributed by atoms with E-state index < -0.39 is 0 Å². The fraction of sp³-hybridized carbons (Fsp3) is 0.200. The van der Waals surface area contributed by atoms with Crippen LogP contribution in [0.1, 0.15) is 15.4 Å². The molecule has 0 aliphatic carbocycles. The minimum absolute atomic E-state index is 0.159. The molecule has 2 N–H and O–H groups in total. The van der Waals surface area contributed by atoms with Gasteiger partial charge in [-0.25, -0.2) is 19.9 Å². The summed E-state index contributed by atoms with van der Waals surface area (Å²) >= 11 is 1.28. The van der Waals surface area contributed by atoms with Crippen LogP contribution in [0.3, 0.4) is 0 Å². The normalized spacial score (nSPS) is 10.4. The maximum atomic E-state index is 12.3. The topological polar surface area (TPSA) is 106 Å². The third kappa shape index (κ3) is 3.87. The van der Waals surface area contributed by atoms with Gasteiger partial charge < -0.3 is 10.6 Å². The first-order chi connectivity index (χ1) is 11.7. The second-order valence-corrected chi connectivity index (χ2v) is 5.78. The van der Waals surface area contributed by atoms with E-state index in [1.165, 1.54) is 11.3 Å². The smallest absolute Gasteiger partial charge is 0.263 e. The zero-order chi connectivity index (χ0) is 16.8. The van der Waals surface area contributed by atoms with E-state index in [1.54, 1.807) is 44.0 Å². The molecule has 8 nitrogen and oxygen atoms in total. The number of anilines is 1. The second-order valence-electron chi connectivity index (χ2n) is 4.78. The number of carbonyl (C=O) groups excluding carboxylic acids is 1. The Kier molecular flexibility index (Phi) is 5.02. The van der Waals surface area contributed by atoms with E-state index in [9.17, 15) is 4.79 Å². The van der Waals surface area contributed by atoms with Crippen molar-refractivity contribution >= 4 is 23.1 Å². The summed E-state index contributed by atoms with van der Waals surface area (Å²) in [6, 6.07) is 1.74. The lowest BCUT2D eigenvalue weighted by atomic mass is 10.3. The number of nitrogens with one attached hydrogen (secondary N) is 2. The molecule has 0 aliphatic rings. The van der Waals surface area contributed by atoms with Gasteiger partial charge in [0.25, 0.3) is 5.91 Å². The predicted molar refractivity (Wildman–Crippen MR) is 90.7 cm³/mol. The average molecular weight is 341 g/mol. The number of hydrogen-bond acceptors (Lipinski definition) is 8. The van der Waals surface area contributed by atoms with Gasteiger partial charge in [0.1, 0.15) is 10.7 Å². The standard InChI is InChI=1S/C15H15N7OS/c1-10-12(24-15(22-10)13-19-3-2-4-20-13)14(23)21-8-7-18-11-9-16-5-6-17-11/h2-6,9H,7-8H2,1H3,(H,17,18)(H,21,23). The highest BCUT2D eigenvalue weighted by atomic mass is 32.1. The number of thiazole rings is 1. The van der Waals surface area contributed by atoms with E-state index in [2.05, 4.69) is 35.6 Å². The van der Waals surface area contributed by atoms with Crippen LogP contribution in [0.5, 0.6) is 0 Å². The van der Waals surface area contributed by atoms with Gasteiger partial charge >= 0.3 is 0 Å². The quantitative estimate of drug-likeness (QED) is 0.655. The Morgan fingerprint density at radius 1 is 1.12 bits per heavy atom. The molecule has 0 atom stereocenters. The van der Waals surface area contributed by atoms with Crippen molar-refractivity contribution in [1.82, 2.24) is 30.2 Å². The monoisotopic (exact) mass is 341 g/mol. The zero-order valence-electron chi connectivity index (χ0n) is 12.9. The molecule has 3 aromatic heterocycles. The Morgan fingerprint density at radius 2 is 1.96 bits per heavy atom. The molecule has 0 spiro atoms. The van der Waals surface area contributed by atoms with E-state index in [0.717, 1.165) is 0 Å². The van der Waals surface area contributed by atoms with Crippen LogP contribution in [0, 0.1) is 6.92 Å². The molecule has 0 saturated heterocycles. The third-order valence-corrected chi connectivity index (χ3v) is 4.19. The minimum atomic E-state index is -0.159. The highest BCUT2D eigenvalue weighted by Gasteiger charge is 2.16. The molecule has 24 heavy (non-hydrogen) atoms. The summed E-state index contributed by atoms with van der Waals surface area (Å²) < 4.78 is 0. The molecule has 0 fully saturated rings. The number of aromatic nitrogens is 5. The van der Waals surface area contributed by atoms with Gasteiger partial charge in [-0.3, -0.25) is 9.78 Å². The highest BCUT2D eigenvalue weighted by Crippen LogP contribution is 2.24. The molecular formula is C15H15N7OS. The van der Waals surface area contributed by atoms with Crippen molar-refractivity contribution < 1.29 is 4.79 Å². The van der Waals surface area contributed by atoms with Crippen molar-refractivity contribution in [2.45, 2.75) is 6.92 Å². The first-order valence-corrected chi connectivity index (χ1v) is 8.08. The number of hydrogen-bond donors (Lipinski definition) is 2. The zero-order valence-corrected chi connectivity index (χ0v) is 13.7. The molecule has 1 amide bonds. The van der Waals surface area contributed by atoms with Gasteiger partial charge in [-0.15, -0.1) is 11.3 Å². The van der Waals surface area contributed by atoms with Crippen molar-refractivity contribution in [2.24, 2.45) is 0 Å². The van der Waals surface area contributed by atoms with Gasteiger partial charge in [-0.05, 0) is 13.0 Å². The molecule has 122 valence electrons. The third-order valence-electron chi connectivity index (χ3n) is 3.04. The molecule has 0 aliphatic heterocycles. The maximum absolute atomic E-state index is 12.3. The van der Waals surface area contributed by atoms with Crippen molar-refractivity contribution in [3.8, 4) is 10.8 Å². The maximum Gasteiger partial charge on any atom is 0.263 e. The lowest BCUT2D eigenvalue weighted by Crippen LogP contribution is -2.28. The summed E-state index contributed by atoms with van der Waals surface area (Å²) in [5, 5.41) is 6.57. The molecule has 0 radical (unpaired) electrons. The first-order valence-electron chi connectivity index (χ1n) is 7.27. The molecular weight excluding hydrogens is 326 g/mol. The van der Waals surface area contributed by atoms with Gasteiger partial charge in [0, 0.05) is 37.9 Å². The van der Waals surface area contributed by atoms with E-state index in [-0.39, 0.29) is 5.91 Å². The number of amides is 1. The van der Waals surface area contributed by atoms with Gasteiger partial charge in [0.05, 0.1) is 11.9 Å². The first kappa shape index (κ1) is 15.9. The minimum Gasteiger partial charge on any atom is -0.367 e. The number of carbonyl (C=O) groups is 1. The molecule has 0 unspecified atom stereocenters. The fourth-order valence-electron chi connectivity index (χ4n) is 1.95. The van der Waals surface area contributed by atoms with Gasteiger partial charge in [-0.1, -0.05) is 0 Å². The molecule has 9 heteroatoms. The van der Waals surface area contributed by atoms with Crippen LogP contribution < -0.4 is 10.6 Å². The number of rotatable bonds is 6. The molecule has 3 rings (SSSR count). The van der Waals surface area contributed by atoms with Gasteiger partial charge in [0.2, 0.25) is 0 Å². The van der Waals surface area contributed by atoms with Crippen LogP contribution in [-0.2, 0) is 0 Å². The van der Waals surface area contributed by atoms with E-state index in [4.69, 9.17) is 0 Å². The lowest BCUT2D eigenvalue weighted by molar-refractivity contribution is 0.0958. The van der Waals surface area contributed by atoms with Gasteiger partial charge in [0.15, 0.2) is 10.8 Å². The molecule has 0 aromatic carbocycles. The summed E-state index contributed by atoms with van der Waals surface area (Å²) in [5.41, 5.74) is 0.668. The summed E-state index contributed by atoms with van der Waals surface area (Å²) in [4.78, 5) is 33.6. The summed E-state index contributed by atoms with van der Waals surface area (Å²) in [6.45, 7) is 2.82. The van der Waals surface area contributed by atoms with Crippen molar-refractivity contribution in [3.63, 3.8) is 0 Å². The summed E-state index contributed by atoms with van der Waals surface area (Å²) in [7, 11) is 0. The van der Waals surface area contributed by atoms with Crippen LogP contribution in [0.15, 0.2) is 37.1 Å². The van der Waals surface area contributed by atoms with E-state index in [1.807, 2.05) is 0 Å². The Bertz CT molecular complexity index is 807. The van der Waals surface area contributed by atoms with Crippen LogP contribution in [0.25, 0.3) is 10.8 Å². The van der Waals surface area contributed by atoms with Crippen LogP contribution in [0.4, 0.5) is 5.82 Å². The van der Waals surface area contributed by atoms with Crippen LogP contribution in [-0.4, -0.2) is 43.9 Å². The fourth-order valence-corrected chi connectivity index (χ4v) is 2.88. The number of aryl methyl sites for hydroxylation is 1. The molecule has 3 heterocycles. The SMILES string of the molecule is Cc1nc(-c2ncccn2)sc1C(=O)NCCNc1cnccn1. The highest BCUT2D eigenvalue weighted by molar-refractivity contribution is 7.17. The largest absolute Gasteiger partial charge is 0.367 e. The van der Waals surface area contributed by atoms with Crippen molar-refractivity contribution in [2.75, 3.05) is 18.4 Å². The molecule has 3 aromatic rings. The van der Waals surface area contributed by atoms with Crippen LogP contribution in [0.2, 0.25) is 0 Å². The Hall–Kier alpha value is -2.94. The Labute approximate surface area is 142 Å². The Morgan fingerprint density at radius 3 is 2.71 bits per heavy atom. The van der Waals surface area contributed by atoms with E-state index >= 15 is 0 Å². The number of nitrogens with zero attached hydrogens (tertiary/aromatic N) is 5. The average Bonchev–Trinajstić information content (AvgIpc) is 3.02. The van der Waals surface area contributed by atoms with Crippen molar-refractivity contribution in [1.29, 1.82) is 0 Å². The Balaban J connectivity index is 1.56. The molecule has 0 bridgehead atoms. The second kappa shape index (κ2) is 7.55. The van der Waals surface area contributed by atoms with E-state index in [0.29, 0.717) is 40.3 Å². The van der Waals surface area contributed by atoms with Crippen molar-refractivity contribution in [3.05, 3.63) is 47.6 Å². The van der Waals surface area contributed by atoms with Gasteiger partial charge in [-0.2, -0.15) is 0 Å². The summed E-state index contributed by atoms with van der Waals surface area (Å²) in [6.07, 6.45) is 8.14. The molecule has 0 saturated carbocycles. The predicted octanol–water partition coefficient (Wildman–Crippen LogP) is 1.54. The van der Waals surface area contributed by atoms with Crippen LogP contribution >= 0.6 is 11.3 Å². The lowest BCUT2D eigenvalue weighted by Gasteiger charge is -2.06.